The van der Waals surface area contributed by atoms with Crippen molar-refractivity contribution in [2.45, 2.75) is 38.8 Å². The van der Waals surface area contributed by atoms with E-state index in [0.717, 1.165) is 29.5 Å². The van der Waals surface area contributed by atoms with Crippen LogP contribution in [0.5, 0.6) is 5.75 Å². The summed E-state index contributed by atoms with van der Waals surface area (Å²) in [4.78, 5) is 4.39. The number of ether oxygens (including phenoxy) is 1. The van der Waals surface area contributed by atoms with Gasteiger partial charge in [-0.3, -0.25) is 4.98 Å². The number of hydrogen-bond acceptors (Lipinski definition) is 3. The zero-order valence-corrected chi connectivity index (χ0v) is 12.4. The van der Waals surface area contributed by atoms with Crippen molar-refractivity contribution >= 4 is 10.9 Å². The lowest BCUT2D eigenvalue weighted by Gasteiger charge is -2.53. The third kappa shape index (κ3) is 1.97. The molecule has 106 valence electrons. The molecule has 1 aromatic heterocycles. The van der Waals surface area contributed by atoms with E-state index in [4.69, 9.17) is 4.74 Å². The van der Waals surface area contributed by atoms with Crippen LogP contribution in [0, 0.1) is 5.41 Å². The molecule has 3 heteroatoms. The molecule has 0 radical (unpaired) electrons. The van der Waals surface area contributed by atoms with E-state index >= 15 is 0 Å². The van der Waals surface area contributed by atoms with Crippen molar-refractivity contribution in [2.75, 3.05) is 7.05 Å². The first-order valence-corrected chi connectivity index (χ1v) is 7.36. The summed E-state index contributed by atoms with van der Waals surface area (Å²) in [6.07, 6.45) is 4.28. The summed E-state index contributed by atoms with van der Waals surface area (Å²) in [7, 11) is 2.04. The molecule has 0 bridgehead atoms. The maximum absolute atomic E-state index is 6.32. The van der Waals surface area contributed by atoms with E-state index < -0.39 is 0 Å². The number of hydrogen-bond donors (Lipinski definition) is 1. The number of benzene rings is 1. The van der Waals surface area contributed by atoms with Crippen LogP contribution < -0.4 is 10.1 Å². The Morgan fingerprint density at radius 1 is 1.35 bits per heavy atom. The quantitative estimate of drug-likeness (QED) is 0.924. The number of pyridine rings is 1. The summed E-state index contributed by atoms with van der Waals surface area (Å²) in [5, 5.41) is 4.50. The Morgan fingerprint density at radius 2 is 2.20 bits per heavy atom. The first kappa shape index (κ1) is 13.4. The molecule has 0 saturated heterocycles. The van der Waals surface area contributed by atoms with Crippen LogP contribution in [-0.4, -0.2) is 24.2 Å². The van der Waals surface area contributed by atoms with Crippen LogP contribution in [0.3, 0.4) is 0 Å². The van der Waals surface area contributed by atoms with E-state index in [9.17, 15) is 0 Å². The Bertz CT molecular complexity index is 607. The molecule has 1 aliphatic rings. The molecule has 1 saturated carbocycles. The lowest BCUT2D eigenvalue weighted by molar-refractivity contribution is -0.0670. The fraction of sp³-hybridized carbons (Fsp3) is 0.471. The molecule has 1 fully saturated rings. The van der Waals surface area contributed by atoms with Crippen molar-refractivity contribution in [1.29, 1.82) is 0 Å². The summed E-state index contributed by atoms with van der Waals surface area (Å²) in [5.74, 6) is 0.954. The highest BCUT2D eigenvalue weighted by atomic mass is 16.5. The lowest BCUT2D eigenvalue weighted by atomic mass is 9.61. The van der Waals surface area contributed by atoms with Gasteiger partial charge in [-0.2, -0.15) is 0 Å². The molecule has 0 amide bonds. The second-order valence-corrected chi connectivity index (χ2v) is 5.87. The van der Waals surface area contributed by atoms with Gasteiger partial charge in [0.25, 0.3) is 0 Å². The van der Waals surface area contributed by atoms with E-state index in [-0.39, 0.29) is 11.5 Å². The van der Waals surface area contributed by atoms with Gasteiger partial charge >= 0.3 is 0 Å². The maximum atomic E-state index is 6.32. The molecule has 20 heavy (non-hydrogen) atoms. The fourth-order valence-electron chi connectivity index (χ4n) is 3.25. The Balaban J connectivity index is 1.88. The van der Waals surface area contributed by atoms with Crippen LogP contribution in [0.25, 0.3) is 10.9 Å². The summed E-state index contributed by atoms with van der Waals surface area (Å²) >= 11 is 0. The molecule has 2 aromatic rings. The summed E-state index contributed by atoms with van der Waals surface area (Å²) in [5.41, 5.74) is 1.20. The third-order valence-corrected chi connectivity index (χ3v) is 4.97. The van der Waals surface area contributed by atoms with E-state index in [2.05, 4.69) is 30.2 Å². The average Bonchev–Trinajstić information content (AvgIpc) is 2.50. The molecular weight excluding hydrogens is 248 g/mol. The van der Waals surface area contributed by atoms with Crippen molar-refractivity contribution in [3.8, 4) is 5.75 Å². The van der Waals surface area contributed by atoms with E-state index in [0.29, 0.717) is 6.04 Å². The summed E-state index contributed by atoms with van der Waals surface area (Å²) < 4.78 is 6.32. The first-order valence-electron chi connectivity index (χ1n) is 7.36. The number of nitrogens with one attached hydrogen (secondary N) is 1. The van der Waals surface area contributed by atoms with Gasteiger partial charge in [-0.05, 0) is 37.7 Å². The second kappa shape index (κ2) is 5.06. The summed E-state index contributed by atoms with van der Waals surface area (Å²) in [6.45, 7) is 4.55. The van der Waals surface area contributed by atoms with Gasteiger partial charge in [-0.15, -0.1) is 0 Å². The molecule has 3 atom stereocenters. The highest BCUT2D eigenvalue weighted by Crippen LogP contribution is 2.46. The monoisotopic (exact) mass is 270 g/mol. The number of aromatic nitrogens is 1. The Hall–Kier alpha value is -1.61. The molecular formula is C17H22N2O. The van der Waals surface area contributed by atoms with Crippen molar-refractivity contribution in [3.05, 3.63) is 36.5 Å². The van der Waals surface area contributed by atoms with E-state index in [1.807, 2.05) is 37.5 Å². The van der Waals surface area contributed by atoms with Gasteiger partial charge in [0.05, 0.1) is 5.52 Å². The predicted molar refractivity (Wildman–Crippen MR) is 82.0 cm³/mol. The standard InChI is InChI=1S/C17H22N2O/c1-4-17(2)15(18-3)11-16(17)20-14-9-5-8-13-12(14)7-6-10-19-13/h5-10,15-16,18H,4,11H2,1-3H3. The van der Waals surface area contributed by atoms with Gasteiger partial charge in [-0.1, -0.05) is 19.9 Å². The van der Waals surface area contributed by atoms with E-state index in [1.54, 1.807) is 0 Å². The molecule has 3 rings (SSSR count). The van der Waals surface area contributed by atoms with Crippen molar-refractivity contribution in [3.63, 3.8) is 0 Å². The number of nitrogens with zero attached hydrogens (tertiary/aromatic N) is 1. The number of fused-ring (bicyclic) bond motifs is 1. The number of rotatable bonds is 4. The maximum Gasteiger partial charge on any atom is 0.129 e. The normalized spacial score (nSPS) is 29.1. The molecule has 3 unspecified atom stereocenters. The SMILES string of the molecule is CCC1(C)C(NC)CC1Oc1cccc2ncccc12. The Kier molecular flexibility index (Phi) is 3.38. The fourth-order valence-corrected chi connectivity index (χ4v) is 3.25. The molecule has 0 spiro atoms. The van der Waals surface area contributed by atoms with Gasteiger partial charge in [0.2, 0.25) is 0 Å². The zero-order chi connectivity index (χ0) is 14.2. The van der Waals surface area contributed by atoms with E-state index in [1.165, 1.54) is 0 Å². The van der Waals surface area contributed by atoms with Gasteiger partial charge in [0.15, 0.2) is 0 Å². The molecule has 1 aromatic carbocycles. The van der Waals surface area contributed by atoms with Gasteiger partial charge in [0, 0.05) is 29.5 Å². The largest absolute Gasteiger partial charge is 0.489 e. The molecule has 0 aliphatic heterocycles. The average molecular weight is 270 g/mol. The molecule has 1 aliphatic carbocycles. The summed E-state index contributed by atoms with van der Waals surface area (Å²) in [6, 6.07) is 10.7. The van der Waals surface area contributed by atoms with Crippen LogP contribution in [0.15, 0.2) is 36.5 Å². The second-order valence-electron chi connectivity index (χ2n) is 5.87. The van der Waals surface area contributed by atoms with Crippen molar-refractivity contribution < 1.29 is 4.74 Å². The topological polar surface area (TPSA) is 34.1 Å². The Labute approximate surface area is 120 Å². The minimum atomic E-state index is 0.207. The van der Waals surface area contributed by atoms with Crippen LogP contribution in [0.2, 0.25) is 0 Å². The van der Waals surface area contributed by atoms with Gasteiger partial charge in [-0.25, -0.2) is 0 Å². The van der Waals surface area contributed by atoms with Crippen molar-refractivity contribution in [2.24, 2.45) is 5.41 Å². The lowest BCUT2D eigenvalue weighted by Crippen LogP contribution is -2.62. The third-order valence-electron chi connectivity index (χ3n) is 4.97. The smallest absolute Gasteiger partial charge is 0.129 e. The van der Waals surface area contributed by atoms with Crippen molar-refractivity contribution in [1.82, 2.24) is 10.3 Å². The molecule has 1 heterocycles. The predicted octanol–water partition coefficient (Wildman–Crippen LogP) is 3.39. The minimum absolute atomic E-state index is 0.207. The van der Waals surface area contributed by atoms with Crippen LogP contribution in [0.1, 0.15) is 26.7 Å². The van der Waals surface area contributed by atoms with Crippen LogP contribution in [-0.2, 0) is 0 Å². The highest BCUT2D eigenvalue weighted by molar-refractivity contribution is 5.84. The highest BCUT2D eigenvalue weighted by Gasteiger charge is 2.51. The first-order chi connectivity index (χ1) is 9.69. The van der Waals surface area contributed by atoms with Gasteiger partial charge < -0.3 is 10.1 Å². The molecule has 3 nitrogen and oxygen atoms in total. The van der Waals surface area contributed by atoms with Crippen LogP contribution >= 0.6 is 0 Å². The zero-order valence-electron chi connectivity index (χ0n) is 12.4. The minimum Gasteiger partial charge on any atom is -0.489 e. The molecule has 1 N–H and O–H groups in total. The van der Waals surface area contributed by atoms with Gasteiger partial charge in [0.1, 0.15) is 11.9 Å². The Morgan fingerprint density at radius 3 is 2.95 bits per heavy atom. The van der Waals surface area contributed by atoms with Crippen LogP contribution in [0.4, 0.5) is 0 Å².